The molecule has 0 aliphatic heterocycles. The molecule has 2 N–H and O–H groups in total. The highest BCUT2D eigenvalue weighted by molar-refractivity contribution is 7.89. The first-order valence-electron chi connectivity index (χ1n) is 6.24. The maximum Gasteiger partial charge on any atom is 0.242 e. The number of sulfonamides is 1. The van der Waals surface area contributed by atoms with Gasteiger partial charge in [0.2, 0.25) is 10.0 Å². The lowest BCUT2D eigenvalue weighted by molar-refractivity contribution is 0.475. The summed E-state index contributed by atoms with van der Waals surface area (Å²) in [5.41, 5.74) is 6.90. The molecular formula is C14H17N3O3S. The lowest BCUT2D eigenvalue weighted by Crippen LogP contribution is -2.22. The molecule has 0 aliphatic carbocycles. The average molecular weight is 307 g/mol. The van der Waals surface area contributed by atoms with E-state index in [1.165, 1.54) is 32.3 Å². The molecule has 0 aliphatic rings. The Labute approximate surface area is 124 Å². The van der Waals surface area contributed by atoms with Gasteiger partial charge in [0.1, 0.15) is 5.75 Å². The molecule has 1 heterocycles. The molecule has 0 bridgehead atoms. The zero-order valence-corrected chi connectivity index (χ0v) is 12.9. The van der Waals surface area contributed by atoms with Crippen molar-refractivity contribution in [1.29, 1.82) is 0 Å². The van der Waals surface area contributed by atoms with E-state index < -0.39 is 10.0 Å². The summed E-state index contributed by atoms with van der Waals surface area (Å²) in [4.78, 5) is 4.24. The Morgan fingerprint density at radius 1 is 1.19 bits per heavy atom. The minimum absolute atomic E-state index is 0.123. The summed E-state index contributed by atoms with van der Waals surface area (Å²) in [6.07, 6.45) is 1.65. The van der Waals surface area contributed by atoms with Crippen LogP contribution in [0.3, 0.4) is 0 Å². The van der Waals surface area contributed by atoms with Crippen molar-refractivity contribution in [3.63, 3.8) is 0 Å². The smallest absolute Gasteiger partial charge is 0.242 e. The molecule has 0 saturated carbocycles. The monoisotopic (exact) mass is 307 g/mol. The number of nitrogen functional groups attached to an aromatic ring is 1. The number of pyridine rings is 1. The van der Waals surface area contributed by atoms with Gasteiger partial charge in [-0.25, -0.2) is 12.7 Å². The van der Waals surface area contributed by atoms with Gasteiger partial charge in [0, 0.05) is 26.4 Å². The van der Waals surface area contributed by atoms with E-state index in [2.05, 4.69) is 4.98 Å². The van der Waals surface area contributed by atoms with Gasteiger partial charge in [-0.05, 0) is 31.2 Å². The van der Waals surface area contributed by atoms with Crippen LogP contribution in [-0.2, 0) is 10.0 Å². The molecule has 0 atom stereocenters. The molecule has 21 heavy (non-hydrogen) atoms. The molecule has 0 fully saturated rings. The standard InChI is InChI=1S/C14H17N3O3S/c1-10-13(5-4-8-16-10)20-14-9-11(6-7-12(14)15)21(18,19)17(2)3/h4-9H,15H2,1-3H3. The SMILES string of the molecule is Cc1ncccc1Oc1cc(S(=O)(=O)N(C)C)ccc1N. The summed E-state index contributed by atoms with van der Waals surface area (Å²) in [6.45, 7) is 1.80. The van der Waals surface area contributed by atoms with Crippen molar-refractivity contribution >= 4 is 15.7 Å². The summed E-state index contributed by atoms with van der Waals surface area (Å²) >= 11 is 0. The van der Waals surface area contributed by atoms with E-state index in [9.17, 15) is 8.42 Å². The fraction of sp³-hybridized carbons (Fsp3) is 0.214. The molecule has 2 aromatic rings. The van der Waals surface area contributed by atoms with Gasteiger partial charge < -0.3 is 10.5 Å². The minimum Gasteiger partial charge on any atom is -0.453 e. The van der Waals surface area contributed by atoms with E-state index >= 15 is 0 Å². The van der Waals surface area contributed by atoms with Crippen LogP contribution in [0.25, 0.3) is 0 Å². The van der Waals surface area contributed by atoms with E-state index in [1.807, 2.05) is 0 Å². The van der Waals surface area contributed by atoms with Crippen molar-refractivity contribution in [1.82, 2.24) is 9.29 Å². The summed E-state index contributed by atoms with van der Waals surface area (Å²) in [5, 5.41) is 0. The highest BCUT2D eigenvalue weighted by Crippen LogP contribution is 2.31. The van der Waals surface area contributed by atoms with E-state index in [4.69, 9.17) is 10.5 Å². The quantitative estimate of drug-likeness (QED) is 0.873. The predicted octanol–water partition coefficient (Wildman–Crippen LogP) is 2.01. The second-order valence-electron chi connectivity index (χ2n) is 4.68. The third-order valence-electron chi connectivity index (χ3n) is 2.94. The molecule has 0 spiro atoms. The Morgan fingerprint density at radius 2 is 1.90 bits per heavy atom. The van der Waals surface area contributed by atoms with E-state index in [1.54, 1.807) is 25.3 Å². The Hall–Kier alpha value is -2.12. The summed E-state index contributed by atoms with van der Waals surface area (Å²) in [6, 6.07) is 7.86. The first-order chi connectivity index (χ1) is 9.82. The van der Waals surface area contributed by atoms with Gasteiger partial charge in [0.25, 0.3) is 0 Å². The first kappa shape index (κ1) is 15.3. The van der Waals surface area contributed by atoms with Crippen LogP contribution in [0.2, 0.25) is 0 Å². The molecule has 0 saturated heterocycles. The summed E-state index contributed by atoms with van der Waals surface area (Å²) < 4.78 is 31.1. The highest BCUT2D eigenvalue weighted by Gasteiger charge is 2.19. The van der Waals surface area contributed by atoms with Crippen LogP contribution in [0, 0.1) is 6.92 Å². The van der Waals surface area contributed by atoms with Gasteiger partial charge in [-0.2, -0.15) is 0 Å². The first-order valence-corrected chi connectivity index (χ1v) is 7.68. The molecule has 1 aromatic carbocycles. The van der Waals surface area contributed by atoms with Crippen LogP contribution < -0.4 is 10.5 Å². The van der Waals surface area contributed by atoms with Crippen LogP contribution >= 0.6 is 0 Å². The molecule has 0 radical (unpaired) electrons. The zero-order valence-electron chi connectivity index (χ0n) is 12.1. The molecular weight excluding hydrogens is 290 g/mol. The lowest BCUT2D eigenvalue weighted by Gasteiger charge is -2.14. The Bertz CT molecular complexity index is 758. The number of aromatic nitrogens is 1. The molecule has 0 amide bonds. The van der Waals surface area contributed by atoms with Crippen molar-refractivity contribution < 1.29 is 13.2 Å². The minimum atomic E-state index is -3.54. The fourth-order valence-electron chi connectivity index (χ4n) is 1.67. The number of aryl methyl sites for hydroxylation is 1. The van der Waals surface area contributed by atoms with E-state index in [-0.39, 0.29) is 10.6 Å². The Balaban J connectivity index is 2.44. The van der Waals surface area contributed by atoms with Gasteiger partial charge in [0.05, 0.1) is 16.3 Å². The van der Waals surface area contributed by atoms with Crippen LogP contribution in [0.1, 0.15) is 5.69 Å². The van der Waals surface area contributed by atoms with Crippen LogP contribution in [-0.4, -0.2) is 31.8 Å². The molecule has 6 nitrogen and oxygen atoms in total. The van der Waals surface area contributed by atoms with Gasteiger partial charge >= 0.3 is 0 Å². The van der Waals surface area contributed by atoms with Crippen LogP contribution in [0.15, 0.2) is 41.4 Å². The molecule has 2 rings (SSSR count). The van der Waals surface area contributed by atoms with Gasteiger partial charge in [-0.3, -0.25) is 4.98 Å². The number of nitrogens with two attached hydrogens (primary N) is 1. The number of rotatable bonds is 4. The molecule has 112 valence electrons. The third kappa shape index (κ3) is 3.14. The van der Waals surface area contributed by atoms with E-state index in [0.717, 1.165) is 4.31 Å². The second-order valence-corrected chi connectivity index (χ2v) is 6.83. The lowest BCUT2D eigenvalue weighted by atomic mass is 10.3. The third-order valence-corrected chi connectivity index (χ3v) is 4.75. The number of benzene rings is 1. The maximum atomic E-state index is 12.1. The number of nitrogens with zero attached hydrogens (tertiary/aromatic N) is 2. The van der Waals surface area contributed by atoms with E-state index in [0.29, 0.717) is 17.1 Å². The normalized spacial score (nSPS) is 11.6. The number of hydrogen-bond acceptors (Lipinski definition) is 5. The van der Waals surface area contributed by atoms with Crippen LogP contribution in [0.5, 0.6) is 11.5 Å². The van der Waals surface area contributed by atoms with Crippen molar-refractivity contribution in [2.45, 2.75) is 11.8 Å². The van der Waals surface area contributed by atoms with Crippen molar-refractivity contribution in [3.05, 3.63) is 42.2 Å². The topological polar surface area (TPSA) is 85.5 Å². The Kier molecular flexibility index (Phi) is 4.15. The van der Waals surface area contributed by atoms with Crippen LogP contribution in [0.4, 0.5) is 5.69 Å². The van der Waals surface area contributed by atoms with Crippen molar-refractivity contribution in [3.8, 4) is 11.5 Å². The summed E-state index contributed by atoms with van der Waals surface area (Å²) in [7, 11) is -0.597. The van der Waals surface area contributed by atoms with Crippen molar-refractivity contribution in [2.75, 3.05) is 19.8 Å². The number of anilines is 1. The fourth-order valence-corrected chi connectivity index (χ4v) is 2.59. The molecule has 1 aromatic heterocycles. The summed E-state index contributed by atoms with van der Waals surface area (Å²) in [5.74, 6) is 0.817. The number of ether oxygens (including phenoxy) is 1. The van der Waals surface area contributed by atoms with Crippen molar-refractivity contribution in [2.24, 2.45) is 0 Å². The maximum absolute atomic E-state index is 12.1. The second kappa shape index (κ2) is 5.71. The average Bonchev–Trinajstić information content (AvgIpc) is 2.43. The highest BCUT2D eigenvalue weighted by atomic mass is 32.2. The van der Waals surface area contributed by atoms with Gasteiger partial charge in [0.15, 0.2) is 5.75 Å². The predicted molar refractivity (Wildman–Crippen MR) is 80.8 cm³/mol. The zero-order chi connectivity index (χ0) is 15.6. The van der Waals surface area contributed by atoms with Gasteiger partial charge in [-0.1, -0.05) is 0 Å². The molecule has 7 heteroatoms. The largest absolute Gasteiger partial charge is 0.453 e. The Morgan fingerprint density at radius 3 is 2.52 bits per heavy atom. The van der Waals surface area contributed by atoms with Gasteiger partial charge in [-0.15, -0.1) is 0 Å². The number of hydrogen-bond donors (Lipinski definition) is 1. The molecule has 0 unspecified atom stereocenters.